The Bertz CT molecular complexity index is 658. The number of fused-ring (bicyclic) bond motifs is 1. The Morgan fingerprint density at radius 3 is 2.94 bits per heavy atom. The zero-order valence-electron chi connectivity index (χ0n) is 10.1. The van der Waals surface area contributed by atoms with Crippen molar-refractivity contribution in [3.63, 3.8) is 0 Å². The van der Waals surface area contributed by atoms with Gasteiger partial charge in [-0.15, -0.1) is 0 Å². The summed E-state index contributed by atoms with van der Waals surface area (Å²) in [6, 6.07) is 7.83. The van der Waals surface area contributed by atoms with Crippen LogP contribution in [0.4, 0.5) is 5.82 Å². The molecule has 0 radical (unpaired) electrons. The highest BCUT2D eigenvalue weighted by molar-refractivity contribution is 5.87. The molecule has 0 aliphatic rings. The average Bonchev–Trinajstić information content (AvgIpc) is 2.87. The molecule has 0 aliphatic heterocycles. The number of nitrogens with zero attached hydrogens (tertiary/aromatic N) is 2. The average molecular weight is 239 g/mol. The first-order valence-electron chi connectivity index (χ1n) is 5.80. The third kappa shape index (κ3) is 2.05. The van der Waals surface area contributed by atoms with Gasteiger partial charge < -0.3 is 9.73 Å². The normalized spacial score (nSPS) is 10.7. The molecule has 3 rings (SSSR count). The molecule has 0 bridgehead atoms. The van der Waals surface area contributed by atoms with Gasteiger partial charge in [-0.3, -0.25) is 4.98 Å². The molecule has 3 heterocycles. The van der Waals surface area contributed by atoms with E-state index in [1.165, 1.54) is 0 Å². The fraction of sp³-hybridized carbons (Fsp3) is 0.143. The highest BCUT2D eigenvalue weighted by atomic mass is 16.3. The van der Waals surface area contributed by atoms with Gasteiger partial charge in [0.05, 0.1) is 11.6 Å². The Morgan fingerprint density at radius 2 is 2.11 bits per heavy atom. The van der Waals surface area contributed by atoms with Crippen LogP contribution in [0.15, 0.2) is 47.3 Å². The van der Waals surface area contributed by atoms with Crippen molar-refractivity contribution >= 4 is 16.8 Å². The fourth-order valence-electron chi connectivity index (χ4n) is 1.82. The molecule has 4 heteroatoms. The van der Waals surface area contributed by atoms with Crippen molar-refractivity contribution in [2.75, 3.05) is 5.32 Å². The van der Waals surface area contributed by atoms with Crippen LogP contribution in [0.5, 0.6) is 0 Å². The summed E-state index contributed by atoms with van der Waals surface area (Å²) in [5.41, 5.74) is 2.99. The fourth-order valence-corrected chi connectivity index (χ4v) is 1.82. The first-order valence-corrected chi connectivity index (χ1v) is 5.80. The number of aromatic nitrogens is 2. The van der Waals surface area contributed by atoms with Crippen LogP contribution in [0, 0.1) is 6.92 Å². The highest BCUT2D eigenvalue weighted by Crippen LogP contribution is 2.22. The highest BCUT2D eigenvalue weighted by Gasteiger charge is 2.04. The molecule has 1 N–H and O–H groups in total. The third-order valence-corrected chi connectivity index (χ3v) is 2.81. The number of hydrogen-bond donors (Lipinski definition) is 1. The molecular formula is C14H13N3O. The molecule has 0 unspecified atom stereocenters. The number of nitrogens with one attached hydrogen (secondary N) is 1. The molecule has 0 aliphatic carbocycles. The molecule has 4 nitrogen and oxygen atoms in total. The van der Waals surface area contributed by atoms with E-state index in [1.807, 2.05) is 31.3 Å². The molecule has 0 saturated heterocycles. The van der Waals surface area contributed by atoms with E-state index in [1.54, 1.807) is 12.5 Å². The third-order valence-electron chi connectivity index (χ3n) is 2.81. The van der Waals surface area contributed by atoms with Gasteiger partial charge in [-0.2, -0.15) is 0 Å². The SMILES string of the molecule is Cc1ccc(CNc2nccc3occc23)cn1. The Hall–Kier alpha value is -2.36. The molecule has 0 spiro atoms. The second-order valence-corrected chi connectivity index (χ2v) is 4.15. The summed E-state index contributed by atoms with van der Waals surface area (Å²) < 4.78 is 5.33. The summed E-state index contributed by atoms with van der Waals surface area (Å²) >= 11 is 0. The Labute approximate surface area is 105 Å². The van der Waals surface area contributed by atoms with Crippen molar-refractivity contribution in [2.24, 2.45) is 0 Å². The molecule has 0 atom stereocenters. The standard InChI is InChI=1S/C14H13N3O/c1-10-2-3-11(8-16-10)9-17-14-12-5-7-18-13(12)4-6-15-14/h2-8H,9H2,1H3,(H,15,17). The van der Waals surface area contributed by atoms with E-state index < -0.39 is 0 Å². The smallest absolute Gasteiger partial charge is 0.139 e. The lowest BCUT2D eigenvalue weighted by Crippen LogP contribution is -2.01. The number of anilines is 1. The van der Waals surface area contributed by atoms with Crippen LogP contribution >= 0.6 is 0 Å². The molecule has 0 amide bonds. The van der Waals surface area contributed by atoms with Crippen LogP contribution < -0.4 is 5.32 Å². The molecule has 3 aromatic rings. The van der Waals surface area contributed by atoms with E-state index >= 15 is 0 Å². The van der Waals surface area contributed by atoms with Gasteiger partial charge in [-0.25, -0.2) is 4.98 Å². The van der Waals surface area contributed by atoms with Gasteiger partial charge in [0, 0.05) is 24.6 Å². The number of aryl methyl sites for hydroxylation is 1. The maximum atomic E-state index is 5.33. The van der Waals surface area contributed by atoms with Gasteiger partial charge in [-0.1, -0.05) is 6.07 Å². The number of hydrogen-bond acceptors (Lipinski definition) is 4. The first-order chi connectivity index (χ1) is 8.83. The zero-order chi connectivity index (χ0) is 12.4. The van der Waals surface area contributed by atoms with Crippen LogP contribution in [-0.4, -0.2) is 9.97 Å². The summed E-state index contributed by atoms with van der Waals surface area (Å²) in [5, 5.41) is 4.30. The van der Waals surface area contributed by atoms with Crippen LogP contribution in [0.25, 0.3) is 11.0 Å². The lowest BCUT2D eigenvalue weighted by Gasteiger charge is -2.06. The van der Waals surface area contributed by atoms with E-state index in [0.717, 1.165) is 28.0 Å². The van der Waals surface area contributed by atoms with Gasteiger partial charge in [-0.05, 0) is 30.7 Å². The van der Waals surface area contributed by atoms with Crippen molar-refractivity contribution in [1.29, 1.82) is 0 Å². The number of pyridine rings is 2. The second-order valence-electron chi connectivity index (χ2n) is 4.15. The van der Waals surface area contributed by atoms with Crippen molar-refractivity contribution in [2.45, 2.75) is 13.5 Å². The van der Waals surface area contributed by atoms with Crippen LogP contribution in [0.1, 0.15) is 11.3 Å². The minimum Gasteiger partial charge on any atom is -0.464 e. The molecular weight excluding hydrogens is 226 g/mol. The van der Waals surface area contributed by atoms with Crippen LogP contribution in [-0.2, 0) is 6.54 Å². The predicted molar refractivity (Wildman–Crippen MR) is 70.3 cm³/mol. The molecule has 0 fully saturated rings. The largest absolute Gasteiger partial charge is 0.464 e. The molecule has 0 aromatic carbocycles. The minimum atomic E-state index is 0.699. The molecule has 18 heavy (non-hydrogen) atoms. The lowest BCUT2D eigenvalue weighted by atomic mass is 10.2. The van der Waals surface area contributed by atoms with E-state index in [0.29, 0.717) is 6.54 Å². The molecule has 3 aromatic heterocycles. The number of furan rings is 1. The van der Waals surface area contributed by atoms with Gasteiger partial charge in [0.2, 0.25) is 0 Å². The topological polar surface area (TPSA) is 51.0 Å². The zero-order valence-corrected chi connectivity index (χ0v) is 10.1. The van der Waals surface area contributed by atoms with Gasteiger partial charge >= 0.3 is 0 Å². The molecule has 90 valence electrons. The summed E-state index contributed by atoms with van der Waals surface area (Å²) in [6.45, 7) is 2.68. The van der Waals surface area contributed by atoms with Gasteiger partial charge in [0.25, 0.3) is 0 Å². The molecule has 0 saturated carbocycles. The lowest BCUT2D eigenvalue weighted by molar-refractivity contribution is 0.615. The minimum absolute atomic E-state index is 0.699. The van der Waals surface area contributed by atoms with Crippen molar-refractivity contribution in [1.82, 2.24) is 9.97 Å². The second kappa shape index (κ2) is 4.49. The predicted octanol–water partition coefficient (Wildman–Crippen LogP) is 3.14. The summed E-state index contributed by atoms with van der Waals surface area (Å²) in [4.78, 5) is 8.59. The summed E-state index contributed by atoms with van der Waals surface area (Å²) in [5.74, 6) is 0.835. The van der Waals surface area contributed by atoms with E-state index in [9.17, 15) is 0 Å². The van der Waals surface area contributed by atoms with Crippen LogP contribution in [0.3, 0.4) is 0 Å². The Morgan fingerprint density at radius 1 is 1.17 bits per heavy atom. The van der Waals surface area contributed by atoms with Crippen molar-refractivity contribution in [3.05, 3.63) is 54.2 Å². The van der Waals surface area contributed by atoms with Crippen molar-refractivity contribution in [3.8, 4) is 0 Å². The maximum absolute atomic E-state index is 5.33. The van der Waals surface area contributed by atoms with Gasteiger partial charge in [0.15, 0.2) is 0 Å². The van der Waals surface area contributed by atoms with Gasteiger partial charge in [0.1, 0.15) is 11.4 Å². The maximum Gasteiger partial charge on any atom is 0.139 e. The quantitative estimate of drug-likeness (QED) is 0.762. The van der Waals surface area contributed by atoms with Crippen LogP contribution in [0.2, 0.25) is 0 Å². The number of rotatable bonds is 3. The Balaban J connectivity index is 1.80. The monoisotopic (exact) mass is 239 g/mol. The van der Waals surface area contributed by atoms with Crippen molar-refractivity contribution < 1.29 is 4.42 Å². The van der Waals surface area contributed by atoms with E-state index in [4.69, 9.17) is 4.42 Å². The first kappa shape index (κ1) is 10.8. The summed E-state index contributed by atoms with van der Waals surface area (Å²) in [6.07, 6.45) is 5.28. The summed E-state index contributed by atoms with van der Waals surface area (Å²) in [7, 11) is 0. The van der Waals surface area contributed by atoms with E-state index in [-0.39, 0.29) is 0 Å². The van der Waals surface area contributed by atoms with E-state index in [2.05, 4.69) is 21.4 Å². The Kier molecular flexibility index (Phi) is 2.68.